The third-order valence-corrected chi connectivity index (χ3v) is 3.34. The first kappa shape index (κ1) is 12.4. The van der Waals surface area contributed by atoms with Crippen LogP contribution in [0, 0.1) is 0 Å². The predicted molar refractivity (Wildman–Crippen MR) is 72.6 cm³/mol. The average molecular weight is 257 g/mol. The molecule has 0 atom stereocenters. The number of aromatic nitrogens is 2. The lowest BCUT2D eigenvalue weighted by Crippen LogP contribution is -2.16. The lowest BCUT2D eigenvalue weighted by molar-refractivity contribution is 0.369. The minimum atomic E-state index is 0.681. The van der Waals surface area contributed by atoms with E-state index >= 15 is 0 Å². The Hall–Kier alpha value is -1.68. The summed E-state index contributed by atoms with van der Waals surface area (Å²) in [6.45, 7) is 0.729. The van der Waals surface area contributed by atoms with Gasteiger partial charge in [0, 0.05) is 12.5 Å². The molecule has 3 rings (SSSR count). The van der Waals surface area contributed by atoms with Gasteiger partial charge in [0.15, 0.2) is 5.82 Å². The SMILES string of the molecule is c1ccc(CCCc2nc(CNC3CC3)no2)cc1. The van der Waals surface area contributed by atoms with E-state index in [1.807, 2.05) is 6.07 Å². The third-order valence-electron chi connectivity index (χ3n) is 3.34. The van der Waals surface area contributed by atoms with Crippen LogP contribution in [0.25, 0.3) is 0 Å². The zero-order valence-electron chi connectivity index (χ0n) is 11.0. The minimum Gasteiger partial charge on any atom is -0.339 e. The van der Waals surface area contributed by atoms with Crippen LogP contribution < -0.4 is 5.32 Å². The van der Waals surface area contributed by atoms with Crippen LogP contribution >= 0.6 is 0 Å². The highest BCUT2D eigenvalue weighted by atomic mass is 16.5. The summed E-state index contributed by atoms with van der Waals surface area (Å²) in [5, 5.41) is 7.38. The average Bonchev–Trinajstić information content (AvgIpc) is 3.17. The van der Waals surface area contributed by atoms with Crippen LogP contribution in [-0.2, 0) is 19.4 Å². The van der Waals surface area contributed by atoms with E-state index in [0.29, 0.717) is 6.04 Å². The van der Waals surface area contributed by atoms with Gasteiger partial charge in [-0.3, -0.25) is 0 Å². The van der Waals surface area contributed by atoms with Gasteiger partial charge in [0.25, 0.3) is 0 Å². The second-order valence-electron chi connectivity index (χ2n) is 5.10. The first-order chi connectivity index (χ1) is 9.40. The first-order valence-electron chi connectivity index (χ1n) is 6.99. The van der Waals surface area contributed by atoms with Crippen LogP contribution in [0.5, 0.6) is 0 Å². The summed E-state index contributed by atoms with van der Waals surface area (Å²) in [4.78, 5) is 4.40. The zero-order chi connectivity index (χ0) is 12.9. The summed E-state index contributed by atoms with van der Waals surface area (Å²) in [6, 6.07) is 11.2. The molecule has 4 heteroatoms. The van der Waals surface area contributed by atoms with Crippen molar-refractivity contribution in [1.82, 2.24) is 15.5 Å². The van der Waals surface area contributed by atoms with Crippen molar-refractivity contribution in [2.24, 2.45) is 0 Å². The Balaban J connectivity index is 1.42. The summed E-state index contributed by atoms with van der Waals surface area (Å²) >= 11 is 0. The molecule has 1 aromatic heterocycles. The van der Waals surface area contributed by atoms with Crippen molar-refractivity contribution in [3.8, 4) is 0 Å². The molecule has 0 bridgehead atoms. The van der Waals surface area contributed by atoms with E-state index in [2.05, 4.69) is 39.7 Å². The smallest absolute Gasteiger partial charge is 0.226 e. The standard InChI is InChI=1S/C15H19N3O/c1-2-5-12(6-3-1)7-4-8-15-17-14(18-19-15)11-16-13-9-10-13/h1-3,5-6,13,16H,4,7-11H2. The van der Waals surface area contributed by atoms with Crippen LogP contribution in [0.1, 0.15) is 36.5 Å². The van der Waals surface area contributed by atoms with Gasteiger partial charge in [-0.1, -0.05) is 35.5 Å². The van der Waals surface area contributed by atoms with Gasteiger partial charge in [-0.15, -0.1) is 0 Å². The number of nitrogens with one attached hydrogen (secondary N) is 1. The molecular formula is C15H19N3O. The van der Waals surface area contributed by atoms with Crippen LogP contribution in [0.15, 0.2) is 34.9 Å². The summed E-state index contributed by atoms with van der Waals surface area (Å²) in [5.41, 5.74) is 1.36. The fraction of sp³-hybridized carbons (Fsp3) is 0.467. The van der Waals surface area contributed by atoms with Gasteiger partial charge in [0.05, 0.1) is 6.54 Å². The fourth-order valence-corrected chi connectivity index (χ4v) is 2.07. The highest BCUT2D eigenvalue weighted by Crippen LogP contribution is 2.18. The van der Waals surface area contributed by atoms with E-state index < -0.39 is 0 Å². The van der Waals surface area contributed by atoms with E-state index in [0.717, 1.165) is 37.5 Å². The van der Waals surface area contributed by atoms with Crippen molar-refractivity contribution < 1.29 is 4.52 Å². The Morgan fingerprint density at radius 2 is 2.00 bits per heavy atom. The molecule has 1 fully saturated rings. The number of hydrogen-bond donors (Lipinski definition) is 1. The molecule has 2 aromatic rings. The molecule has 1 saturated carbocycles. The quantitative estimate of drug-likeness (QED) is 0.828. The molecule has 0 unspecified atom stereocenters. The van der Waals surface area contributed by atoms with Crippen LogP contribution in [0.2, 0.25) is 0 Å². The molecule has 0 spiro atoms. The summed E-state index contributed by atoms with van der Waals surface area (Å²) < 4.78 is 5.25. The zero-order valence-corrected chi connectivity index (χ0v) is 11.0. The number of rotatable bonds is 7. The Kier molecular flexibility index (Phi) is 3.89. The van der Waals surface area contributed by atoms with E-state index in [1.165, 1.54) is 18.4 Å². The summed E-state index contributed by atoms with van der Waals surface area (Å²) in [7, 11) is 0. The molecule has 1 aliphatic carbocycles. The minimum absolute atomic E-state index is 0.681. The molecule has 19 heavy (non-hydrogen) atoms. The van der Waals surface area contributed by atoms with Gasteiger partial charge >= 0.3 is 0 Å². The third kappa shape index (κ3) is 3.89. The van der Waals surface area contributed by atoms with E-state index in [4.69, 9.17) is 4.52 Å². The van der Waals surface area contributed by atoms with Crippen molar-refractivity contribution in [3.05, 3.63) is 47.6 Å². The highest BCUT2D eigenvalue weighted by Gasteiger charge is 2.20. The molecule has 1 aromatic carbocycles. The number of benzene rings is 1. The number of aryl methyl sites for hydroxylation is 2. The van der Waals surface area contributed by atoms with Crippen LogP contribution in [0.3, 0.4) is 0 Å². The number of nitrogens with zero attached hydrogens (tertiary/aromatic N) is 2. The van der Waals surface area contributed by atoms with Crippen LogP contribution in [-0.4, -0.2) is 16.2 Å². The molecule has 100 valence electrons. The van der Waals surface area contributed by atoms with E-state index in [-0.39, 0.29) is 0 Å². The molecule has 0 aliphatic heterocycles. The monoisotopic (exact) mass is 257 g/mol. The molecular weight excluding hydrogens is 238 g/mol. The maximum Gasteiger partial charge on any atom is 0.226 e. The molecule has 4 nitrogen and oxygen atoms in total. The maximum absolute atomic E-state index is 5.25. The van der Waals surface area contributed by atoms with Crippen molar-refractivity contribution in [1.29, 1.82) is 0 Å². The molecule has 1 N–H and O–H groups in total. The molecule has 1 heterocycles. The predicted octanol–water partition coefficient (Wildman–Crippen LogP) is 2.50. The van der Waals surface area contributed by atoms with Crippen molar-refractivity contribution >= 4 is 0 Å². The lowest BCUT2D eigenvalue weighted by Gasteiger charge is -1.98. The van der Waals surface area contributed by atoms with Gasteiger partial charge in [-0.2, -0.15) is 4.98 Å². The van der Waals surface area contributed by atoms with Gasteiger partial charge in [0.2, 0.25) is 5.89 Å². The Morgan fingerprint density at radius 3 is 2.79 bits per heavy atom. The van der Waals surface area contributed by atoms with Gasteiger partial charge in [0.1, 0.15) is 0 Å². The van der Waals surface area contributed by atoms with Gasteiger partial charge < -0.3 is 9.84 Å². The summed E-state index contributed by atoms with van der Waals surface area (Å²) in [6.07, 6.45) is 5.51. The highest BCUT2D eigenvalue weighted by molar-refractivity contribution is 5.14. The first-order valence-corrected chi connectivity index (χ1v) is 6.99. The second kappa shape index (κ2) is 5.97. The Labute approximate surface area is 113 Å². The van der Waals surface area contributed by atoms with E-state index in [1.54, 1.807) is 0 Å². The van der Waals surface area contributed by atoms with Crippen molar-refractivity contribution in [3.63, 3.8) is 0 Å². The van der Waals surface area contributed by atoms with Crippen LogP contribution in [0.4, 0.5) is 0 Å². The summed E-state index contributed by atoms with van der Waals surface area (Å²) in [5.74, 6) is 1.53. The second-order valence-corrected chi connectivity index (χ2v) is 5.10. The Bertz CT molecular complexity index is 505. The molecule has 0 radical (unpaired) electrons. The number of hydrogen-bond acceptors (Lipinski definition) is 4. The largest absolute Gasteiger partial charge is 0.339 e. The normalized spacial score (nSPS) is 14.7. The van der Waals surface area contributed by atoms with Crippen molar-refractivity contribution in [2.75, 3.05) is 0 Å². The van der Waals surface area contributed by atoms with Gasteiger partial charge in [-0.25, -0.2) is 0 Å². The fourth-order valence-electron chi connectivity index (χ4n) is 2.07. The van der Waals surface area contributed by atoms with Gasteiger partial charge in [-0.05, 0) is 31.2 Å². The molecule has 1 aliphatic rings. The molecule has 0 amide bonds. The van der Waals surface area contributed by atoms with Crippen molar-refractivity contribution in [2.45, 2.75) is 44.7 Å². The topological polar surface area (TPSA) is 51.0 Å². The molecule has 0 saturated heterocycles. The maximum atomic E-state index is 5.25. The van der Waals surface area contributed by atoms with E-state index in [9.17, 15) is 0 Å². The lowest BCUT2D eigenvalue weighted by atomic mass is 10.1. The Morgan fingerprint density at radius 1 is 1.16 bits per heavy atom.